The third kappa shape index (κ3) is 4.58. The van der Waals surface area contributed by atoms with Crippen LogP contribution in [0.2, 0.25) is 0 Å². The number of hydrogen-bond donors (Lipinski definition) is 0. The van der Waals surface area contributed by atoms with E-state index in [9.17, 15) is 8.42 Å². The van der Waals surface area contributed by atoms with Gasteiger partial charge in [-0.15, -0.1) is 0 Å². The lowest BCUT2D eigenvalue weighted by molar-refractivity contribution is 0.0118. The molecule has 0 aromatic heterocycles. The molecule has 3 aromatic carbocycles. The molecule has 0 saturated heterocycles. The average Bonchev–Trinajstić information content (AvgIpc) is 2.83. The Labute approximate surface area is 209 Å². The number of unbranched alkanes of at least 4 members (excludes halogenated alkanes) is 2. The van der Waals surface area contributed by atoms with Gasteiger partial charge in [0.1, 0.15) is 16.2 Å². The number of allylic oxidation sites excluding steroid dienone is 2. The molecule has 184 valence electrons. The number of ether oxygens (including phenoxy) is 1. The van der Waals surface area contributed by atoms with E-state index in [0.717, 1.165) is 60.8 Å². The van der Waals surface area contributed by atoms with Gasteiger partial charge in [-0.05, 0) is 68.7 Å². The molecule has 1 aliphatic heterocycles. The summed E-state index contributed by atoms with van der Waals surface area (Å²) in [6.45, 7) is 6.47. The van der Waals surface area contributed by atoms with Crippen LogP contribution in [0.25, 0.3) is 10.8 Å². The predicted molar refractivity (Wildman–Crippen MR) is 141 cm³/mol. The number of fused-ring (bicyclic) bond motifs is 4. The minimum Gasteiger partial charge on any atom is -0.487 e. The van der Waals surface area contributed by atoms with E-state index in [0.29, 0.717) is 11.1 Å². The molecule has 0 spiro atoms. The number of rotatable bonds is 7. The molecule has 3 aromatic rings. The second-order valence-electron chi connectivity index (χ2n) is 10.3. The second kappa shape index (κ2) is 9.34. The van der Waals surface area contributed by atoms with Crippen molar-refractivity contribution in [3.8, 4) is 11.5 Å². The van der Waals surface area contributed by atoms with Crippen molar-refractivity contribution in [2.75, 3.05) is 0 Å². The fourth-order valence-corrected chi connectivity index (χ4v) is 6.87. The molecule has 2 aliphatic rings. The van der Waals surface area contributed by atoms with Gasteiger partial charge in [-0.3, -0.25) is 0 Å². The highest BCUT2D eigenvalue weighted by Gasteiger charge is 2.45. The highest BCUT2D eigenvalue weighted by Crippen LogP contribution is 2.53. The van der Waals surface area contributed by atoms with Gasteiger partial charge in [-0.25, -0.2) is 0 Å². The zero-order valence-electron chi connectivity index (χ0n) is 20.8. The smallest absolute Gasteiger partial charge is 0.339 e. The van der Waals surface area contributed by atoms with E-state index in [1.165, 1.54) is 0 Å². The lowest BCUT2D eigenvalue weighted by Crippen LogP contribution is -2.45. The zero-order chi connectivity index (χ0) is 24.6. The van der Waals surface area contributed by atoms with Gasteiger partial charge >= 0.3 is 10.1 Å². The highest BCUT2D eigenvalue weighted by atomic mass is 32.2. The summed E-state index contributed by atoms with van der Waals surface area (Å²) >= 11 is 0. The van der Waals surface area contributed by atoms with Gasteiger partial charge in [0.05, 0.1) is 0 Å². The summed E-state index contributed by atoms with van der Waals surface area (Å²) in [5.41, 5.74) is 1.57. The SMILES string of the molecule is CCCCCc1cc2c(c(OS(=O)(=O)c3cccc4ccccc34)c1)C1C=CCCC1C(C)(C)O2. The van der Waals surface area contributed by atoms with Gasteiger partial charge in [0.2, 0.25) is 0 Å². The fraction of sp³-hybridized carbons (Fsp3) is 0.400. The third-order valence-electron chi connectivity index (χ3n) is 7.47. The van der Waals surface area contributed by atoms with Crippen LogP contribution >= 0.6 is 0 Å². The van der Waals surface area contributed by atoms with Crippen molar-refractivity contribution in [3.05, 3.63) is 77.9 Å². The lowest BCUT2D eigenvalue weighted by atomic mass is 9.69. The molecule has 0 fully saturated rings. The van der Waals surface area contributed by atoms with Crippen LogP contribution in [0.15, 0.2) is 71.6 Å². The van der Waals surface area contributed by atoms with Crippen molar-refractivity contribution in [1.82, 2.24) is 0 Å². The Morgan fingerprint density at radius 2 is 1.86 bits per heavy atom. The normalized spacial score (nSPS) is 20.7. The summed E-state index contributed by atoms with van der Waals surface area (Å²) < 4.78 is 39.9. The van der Waals surface area contributed by atoms with Gasteiger partial charge in [0.25, 0.3) is 0 Å². The molecule has 5 heteroatoms. The van der Waals surface area contributed by atoms with E-state index in [4.69, 9.17) is 8.92 Å². The standard InChI is InChI=1S/C30H34O4S/c1-4-5-6-12-21-19-26-29(24-16-9-10-17-25(24)30(2,3)33-26)27(20-21)34-35(31,32)28-18-11-14-22-13-7-8-15-23(22)28/h7-9,11,13-16,18-20,24-25H,4-6,10,12,17H2,1-3H3. The first-order chi connectivity index (χ1) is 16.8. The first kappa shape index (κ1) is 23.9. The maximum Gasteiger partial charge on any atom is 0.339 e. The fourth-order valence-electron chi connectivity index (χ4n) is 5.71. The first-order valence-corrected chi connectivity index (χ1v) is 14.2. The van der Waals surface area contributed by atoms with Gasteiger partial charge in [-0.1, -0.05) is 68.3 Å². The summed E-state index contributed by atoms with van der Waals surface area (Å²) in [4.78, 5) is 0.188. The Kier molecular flexibility index (Phi) is 6.39. The molecule has 1 heterocycles. The van der Waals surface area contributed by atoms with Gasteiger partial charge in [-0.2, -0.15) is 8.42 Å². The van der Waals surface area contributed by atoms with Crippen molar-refractivity contribution < 1.29 is 17.3 Å². The maximum atomic E-state index is 13.7. The molecule has 4 nitrogen and oxygen atoms in total. The van der Waals surface area contributed by atoms with Crippen LogP contribution in [0.4, 0.5) is 0 Å². The van der Waals surface area contributed by atoms with Crippen molar-refractivity contribution in [3.63, 3.8) is 0 Å². The van der Waals surface area contributed by atoms with Crippen LogP contribution in [0.1, 0.15) is 69.9 Å². The maximum absolute atomic E-state index is 13.7. The van der Waals surface area contributed by atoms with E-state index in [1.807, 2.05) is 36.4 Å². The number of benzene rings is 3. The zero-order valence-corrected chi connectivity index (χ0v) is 21.6. The van der Waals surface area contributed by atoms with E-state index in [-0.39, 0.29) is 22.3 Å². The quantitative estimate of drug-likeness (QED) is 0.195. The molecule has 0 saturated carbocycles. The molecule has 0 radical (unpaired) electrons. The summed E-state index contributed by atoms with van der Waals surface area (Å²) in [7, 11) is -4.06. The predicted octanol–water partition coefficient (Wildman–Crippen LogP) is 7.56. The molecule has 0 N–H and O–H groups in total. The van der Waals surface area contributed by atoms with E-state index in [2.05, 4.69) is 39.0 Å². The molecule has 1 aliphatic carbocycles. The largest absolute Gasteiger partial charge is 0.487 e. The minimum absolute atomic E-state index is 0.0601. The average molecular weight is 491 g/mol. The minimum atomic E-state index is -4.06. The van der Waals surface area contributed by atoms with Crippen LogP contribution in [-0.2, 0) is 16.5 Å². The van der Waals surface area contributed by atoms with E-state index in [1.54, 1.807) is 12.1 Å². The van der Waals surface area contributed by atoms with Crippen molar-refractivity contribution in [2.45, 2.75) is 75.7 Å². The topological polar surface area (TPSA) is 52.6 Å². The van der Waals surface area contributed by atoms with E-state index >= 15 is 0 Å². The van der Waals surface area contributed by atoms with Gasteiger partial charge in [0, 0.05) is 22.8 Å². The monoisotopic (exact) mass is 490 g/mol. The highest BCUT2D eigenvalue weighted by molar-refractivity contribution is 7.87. The molecule has 35 heavy (non-hydrogen) atoms. The van der Waals surface area contributed by atoms with Crippen LogP contribution < -0.4 is 8.92 Å². The Morgan fingerprint density at radius 1 is 1.06 bits per heavy atom. The molecule has 0 bridgehead atoms. The van der Waals surface area contributed by atoms with Crippen LogP contribution in [0, 0.1) is 5.92 Å². The molecule has 0 amide bonds. The Morgan fingerprint density at radius 3 is 2.69 bits per heavy atom. The van der Waals surface area contributed by atoms with Crippen molar-refractivity contribution >= 4 is 20.9 Å². The molecule has 2 unspecified atom stereocenters. The number of aryl methyl sites for hydroxylation is 1. The van der Waals surface area contributed by atoms with E-state index < -0.39 is 10.1 Å². The van der Waals surface area contributed by atoms with Gasteiger partial charge < -0.3 is 8.92 Å². The Bertz CT molecular complexity index is 1370. The summed E-state index contributed by atoms with van der Waals surface area (Å²) in [6.07, 6.45) is 10.6. The Balaban J connectivity index is 1.63. The molecular weight excluding hydrogens is 456 g/mol. The second-order valence-corrected chi connectivity index (χ2v) is 11.8. The molecule has 2 atom stereocenters. The molecular formula is C30H34O4S. The number of hydrogen-bond acceptors (Lipinski definition) is 4. The summed E-state index contributed by atoms with van der Waals surface area (Å²) in [5, 5.41) is 1.53. The first-order valence-electron chi connectivity index (χ1n) is 12.7. The summed E-state index contributed by atoms with van der Waals surface area (Å²) in [5.74, 6) is 1.47. The summed E-state index contributed by atoms with van der Waals surface area (Å²) in [6, 6.07) is 16.8. The Hall–Kier alpha value is -2.79. The van der Waals surface area contributed by atoms with Gasteiger partial charge in [0.15, 0.2) is 5.75 Å². The third-order valence-corrected chi connectivity index (χ3v) is 8.77. The van der Waals surface area contributed by atoms with Crippen LogP contribution in [0.3, 0.4) is 0 Å². The van der Waals surface area contributed by atoms with Crippen LogP contribution in [-0.4, -0.2) is 14.0 Å². The molecule has 5 rings (SSSR count). The lowest BCUT2D eigenvalue weighted by Gasteiger charge is -2.46. The van der Waals surface area contributed by atoms with Crippen molar-refractivity contribution in [2.24, 2.45) is 5.92 Å². The van der Waals surface area contributed by atoms with Crippen molar-refractivity contribution in [1.29, 1.82) is 0 Å². The van der Waals surface area contributed by atoms with Crippen LogP contribution in [0.5, 0.6) is 11.5 Å².